The molecular formula is C18H24N4O4S2. The molecule has 0 radical (unpaired) electrons. The Labute approximate surface area is 169 Å². The molecule has 1 aliphatic heterocycles. The number of hydrogen-bond donors (Lipinski definition) is 0. The van der Waals surface area contributed by atoms with Crippen LogP contribution in [0, 0.1) is 17.0 Å². The highest BCUT2D eigenvalue weighted by Gasteiger charge is 2.28. The molecule has 1 aliphatic rings. The van der Waals surface area contributed by atoms with Gasteiger partial charge in [0.25, 0.3) is 5.69 Å². The maximum atomic E-state index is 13.0. The second-order valence-electron chi connectivity index (χ2n) is 6.96. The number of rotatable bonds is 6. The van der Waals surface area contributed by atoms with Gasteiger partial charge in [0.2, 0.25) is 10.0 Å². The lowest BCUT2D eigenvalue weighted by Gasteiger charge is -2.21. The number of nitro benzene ring substituents is 1. The topological polar surface area (TPSA) is 96.7 Å². The molecule has 1 saturated heterocycles. The van der Waals surface area contributed by atoms with Crippen molar-refractivity contribution >= 4 is 32.7 Å². The largest absolute Gasteiger partial charge is 0.362 e. The van der Waals surface area contributed by atoms with Gasteiger partial charge in [-0.2, -0.15) is 4.31 Å². The third-order valence-electron chi connectivity index (χ3n) is 4.80. The molecule has 10 heteroatoms. The zero-order valence-corrected chi connectivity index (χ0v) is 17.6. The Kier molecular flexibility index (Phi) is 6.31. The summed E-state index contributed by atoms with van der Waals surface area (Å²) in [5.41, 5.74) is 1.06. The average molecular weight is 425 g/mol. The van der Waals surface area contributed by atoms with Gasteiger partial charge in [0.1, 0.15) is 10.7 Å². The number of anilines is 1. The fourth-order valence-corrected chi connectivity index (χ4v) is 5.69. The zero-order chi connectivity index (χ0) is 20.3. The van der Waals surface area contributed by atoms with Crippen LogP contribution in [0.3, 0.4) is 0 Å². The van der Waals surface area contributed by atoms with E-state index in [-0.39, 0.29) is 10.6 Å². The third-order valence-corrected chi connectivity index (χ3v) is 7.64. The van der Waals surface area contributed by atoms with E-state index < -0.39 is 14.9 Å². The quantitative estimate of drug-likeness (QED) is 0.520. The number of aryl methyl sites for hydroxylation is 1. The summed E-state index contributed by atoms with van der Waals surface area (Å²) < 4.78 is 27.4. The van der Waals surface area contributed by atoms with Gasteiger partial charge in [-0.25, -0.2) is 13.4 Å². The van der Waals surface area contributed by atoms with Gasteiger partial charge in [0, 0.05) is 37.3 Å². The zero-order valence-electron chi connectivity index (χ0n) is 16.0. The van der Waals surface area contributed by atoms with Crippen LogP contribution in [-0.2, 0) is 16.6 Å². The van der Waals surface area contributed by atoms with Gasteiger partial charge in [0.15, 0.2) is 0 Å². The van der Waals surface area contributed by atoms with Crippen LogP contribution in [-0.4, -0.2) is 42.8 Å². The number of hydrogen-bond acceptors (Lipinski definition) is 7. The van der Waals surface area contributed by atoms with Gasteiger partial charge >= 0.3 is 0 Å². The molecule has 0 N–H and O–H groups in total. The number of thiazole rings is 1. The van der Waals surface area contributed by atoms with Gasteiger partial charge in [0.05, 0.1) is 16.4 Å². The van der Waals surface area contributed by atoms with E-state index in [4.69, 9.17) is 0 Å². The van der Waals surface area contributed by atoms with Crippen LogP contribution in [0.25, 0.3) is 0 Å². The lowest BCUT2D eigenvalue weighted by Crippen LogP contribution is -2.32. The summed E-state index contributed by atoms with van der Waals surface area (Å²) in [6.07, 6.45) is 3.64. The van der Waals surface area contributed by atoms with Gasteiger partial charge in [-0.3, -0.25) is 10.1 Å². The van der Waals surface area contributed by atoms with Crippen LogP contribution >= 0.6 is 11.3 Å². The van der Waals surface area contributed by atoms with Gasteiger partial charge in [-0.05, 0) is 31.9 Å². The molecule has 28 heavy (non-hydrogen) atoms. The van der Waals surface area contributed by atoms with Crippen LogP contribution in [0.4, 0.5) is 11.4 Å². The smallest absolute Gasteiger partial charge is 0.293 e. The molecule has 0 bridgehead atoms. The van der Waals surface area contributed by atoms with Crippen molar-refractivity contribution in [3.63, 3.8) is 0 Å². The van der Waals surface area contributed by atoms with E-state index in [0.717, 1.165) is 36.4 Å². The van der Waals surface area contributed by atoms with Crippen LogP contribution in [0.5, 0.6) is 0 Å². The molecule has 0 saturated carbocycles. The highest BCUT2D eigenvalue weighted by atomic mass is 32.2. The fourth-order valence-electron chi connectivity index (χ4n) is 3.33. The van der Waals surface area contributed by atoms with Crippen LogP contribution in [0.15, 0.2) is 28.5 Å². The monoisotopic (exact) mass is 424 g/mol. The molecule has 1 fully saturated rings. The Hall–Kier alpha value is -2.04. The van der Waals surface area contributed by atoms with E-state index in [0.29, 0.717) is 25.3 Å². The first-order valence-electron chi connectivity index (χ1n) is 9.20. The van der Waals surface area contributed by atoms with E-state index in [1.54, 1.807) is 11.9 Å². The van der Waals surface area contributed by atoms with Gasteiger partial charge in [-0.15, -0.1) is 11.3 Å². The number of aromatic nitrogens is 1. The first-order valence-corrected chi connectivity index (χ1v) is 11.5. The van der Waals surface area contributed by atoms with E-state index in [2.05, 4.69) is 4.98 Å². The molecule has 0 unspecified atom stereocenters. The molecule has 3 rings (SSSR count). The SMILES string of the molecule is Cc1csc(CN(C)c2ccc(S(=O)(=O)N3CCCCCC3)cc2[N+](=O)[O-])n1. The summed E-state index contributed by atoms with van der Waals surface area (Å²) in [7, 11) is -2.00. The summed E-state index contributed by atoms with van der Waals surface area (Å²) in [5.74, 6) is 0. The van der Waals surface area contributed by atoms with Crippen molar-refractivity contribution in [3.8, 4) is 0 Å². The Balaban J connectivity index is 1.91. The van der Waals surface area contributed by atoms with Crippen molar-refractivity contribution < 1.29 is 13.3 Å². The molecule has 2 aromatic rings. The summed E-state index contributed by atoms with van der Waals surface area (Å²) >= 11 is 1.49. The minimum atomic E-state index is -3.74. The van der Waals surface area contributed by atoms with Crippen molar-refractivity contribution in [1.29, 1.82) is 0 Å². The van der Waals surface area contributed by atoms with E-state index in [1.807, 2.05) is 12.3 Å². The summed E-state index contributed by atoms with van der Waals surface area (Å²) in [6, 6.07) is 4.16. The van der Waals surface area contributed by atoms with Gasteiger partial charge in [-0.1, -0.05) is 12.8 Å². The molecule has 0 aliphatic carbocycles. The Morgan fingerprint density at radius 1 is 1.25 bits per heavy atom. The number of nitrogens with zero attached hydrogens (tertiary/aromatic N) is 4. The van der Waals surface area contributed by atoms with E-state index in [9.17, 15) is 18.5 Å². The Morgan fingerprint density at radius 2 is 1.93 bits per heavy atom. The highest BCUT2D eigenvalue weighted by Crippen LogP contribution is 2.32. The standard InChI is InChI=1S/C18H24N4O4S2/c1-14-13-27-18(19-14)12-20(2)16-8-7-15(11-17(16)22(23)24)28(25,26)21-9-5-3-4-6-10-21/h7-8,11,13H,3-6,9-10,12H2,1-2H3. The van der Waals surface area contributed by atoms with Crippen molar-refractivity contribution in [2.45, 2.75) is 44.0 Å². The van der Waals surface area contributed by atoms with Crippen molar-refractivity contribution in [2.75, 3.05) is 25.0 Å². The first kappa shape index (κ1) is 20.7. The fraction of sp³-hybridized carbons (Fsp3) is 0.500. The molecule has 0 amide bonds. The molecular weight excluding hydrogens is 400 g/mol. The van der Waals surface area contributed by atoms with Crippen LogP contribution in [0.2, 0.25) is 0 Å². The van der Waals surface area contributed by atoms with Crippen LogP contribution < -0.4 is 4.90 Å². The van der Waals surface area contributed by atoms with Crippen molar-refractivity contribution in [3.05, 3.63) is 44.4 Å². The van der Waals surface area contributed by atoms with E-state index >= 15 is 0 Å². The normalized spacial score (nSPS) is 15.9. The molecule has 0 spiro atoms. The predicted molar refractivity (Wildman–Crippen MR) is 109 cm³/mol. The maximum absolute atomic E-state index is 13.0. The average Bonchev–Trinajstić information content (AvgIpc) is 2.89. The number of benzene rings is 1. The lowest BCUT2D eigenvalue weighted by molar-refractivity contribution is -0.384. The highest BCUT2D eigenvalue weighted by molar-refractivity contribution is 7.89. The third kappa shape index (κ3) is 4.50. The lowest BCUT2D eigenvalue weighted by atomic mass is 10.2. The second kappa shape index (κ2) is 8.54. The molecule has 0 atom stereocenters. The van der Waals surface area contributed by atoms with Crippen molar-refractivity contribution in [1.82, 2.24) is 9.29 Å². The minimum Gasteiger partial charge on any atom is -0.362 e. The Morgan fingerprint density at radius 3 is 2.50 bits per heavy atom. The minimum absolute atomic E-state index is 0.0247. The molecule has 2 heterocycles. The molecule has 1 aromatic carbocycles. The molecule has 8 nitrogen and oxygen atoms in total. The molecule has 152 valence electrons. The summed E-state index contributed by atoms with van der Waals surface area (Å²) in [6.45, 7) is 3.23. The second-order valence-corrected chi connectivity index (χ2v) is 9.85. The van der Waals surface area contributed by atoms with Crippen molar-refractivity contribution in [2.24, 2.45) is 0 Å². The van der Waals surface area contributed by atoms with Gasteiger partial charge < -0.3 is 4.90 Å². The number of nitro groups is 1. The van der Waals surface area contributed by atoms with E-state index in [1.165, 1.54) is 33.8 Å². The Bertz CT molecular complexity index is 950. The van der Waals surface area contributed by atoms with Crippen LogP contribution in [0.1, 0.15) is 36.4 Å². The number of sulfonamides is 1. The summed E-state index contributed by atoms with van der Waals surface area (Å²) in [5, 5.41) is 14.4. The molecule has 1 aromatic heterocycles. The first-order chi connectivity index (χ1) is 13.3. The summed E-state index contributed by atoms with van der Waals surface area (Å²) in [4.78, 5) is 17.2. The predicted octanol–water partition coefficient (Wildman–Crippen LogP) is 3.56. The maximum Gasteiger partial charge on any atom is 0.293 e.